The van der Waals surface area contributed by atoms with E-state index in [1.165, 1.54) is 0 Å². The van der Waals surface area contributed by atoms with Crippen LogP contribution in [0.1, 0.15) is 5.76 Å². The van der Waals surface area contributed by atoms with Gasteiger partial charge in [-0.25, -0.2) is 0 Å². The van der Waals surface area contributed by atoms with E-state index in [9.17, 15) is 0 Å². The topological polar surface area (TPSA) is 39.2 Å². The van der Waals surface area contributed by atoms with Crippen LogP contribution >= 0.6 is 11.6 Å². The molecule has 1 aromatic heterocycles. The highest BCUT2D eigenvalue weighted by atomic mass is 35.5. The van der Waals surface area contributed by atoms with E-state index in [0.29, 0.717) is 10.7 Å². The molecule has 0 fully saturated rings. The molecule has 0 aliphatic rings. The zero-order chi connectivity index (χ0) is 10.1. The number of anilines is 1. The Bertz CT molecular complexity index is 442. The van der Waals surface area contributed by atoms with Gasteiger partial charge >= 0.3 is 0 Å². The van der Waals surface area contributed by atoms with E-state index in [1.54, 1.807) is 6.07 Å². The van der Waals surface area contributed by atoms with Gasteiger partial charge in [-0.3, -0.25) is 0 Å². The second kappa shape index (κ2) is 3.39. The first-order valence-corrected chi connectivity index (χ1v) is 4.66. The minimum Gasteiger partial charge on any atom is -0.461 e. The summed E-state index contributed by atoms with van der Waals surface area (Å²) >= 11 is 5.89. The highest BCUT2D eigenvalue weighted by Crippen LogP contribution is 2.27. The van der Waals surface area contributed by atoms with Gasteiger partial charge < -0.3 is 10.2 Å². The lowest BCUT2D eigenvalue weighted by molar-refractivity contribution is 0.548. The molecule has 0 radical (unpaired) electrons. The molecular weight excluding hydrogens is 198 g/mol. The number of aryl methyl sites for hydroxylation is 1. The van der Waals surface area contributed by atoms with Crippen LogP contribution in [-0.4, -0.2) is 0 Å². The average Bonchev–Trinajstić information content (AvgIpc) is 2.50. The lowest BCUT2D eigenvalue weighted by Gasteiger charge is -2.00. The smallest absolute Gasteiger partial charge is 0.134 e. The van der Waals surface area contributed by atoms with Crippen LogP contribution in [0.4, 0.5) is 5.69 Å². The minimum absolute atomic E-state index is 0.619. The predicted molar refractivity (Wildman–Crippen MR) is 58.3 cm³/mol. The Kier molecular flexibility index (Phi) is 2.22. The van der Waals surface area contributed by atoms with Crippen molar-refractivity contribution in [1.29, 1.82) is 0 Å². The van der Waals surface area contributed by atoms with Crippen LogP contribution in [0.15, 0.2) is 34.7 Å². The van der Waals surface area contributed by atoms with E-state index in [1.807, 2.05) is 31.2 Å². The largest absolute Gasteiger partial charge is 0.461 e. The Hall–Kier alpha value is -1.41. The van der Waals surface area contributed by atoms with Gasteiger partial charge in [-0.05, 0) is 37.3 Å². The minimum atomic E-state index is 0.619. The van der Waals surface area contributed by atoms with Crippen molar-refractivity contribution in [2.45, 2.75) is 6.92 Å². The van der Waals surface area contributed by atoms with Crippen molar-refractivity contribution in [1.82, 2.24) is 0 Å². The van der Waals surface area contributed by atoms with Gasteiger partial charge in [0.1, 0.15) is 11.5 Å². The van der Waals surface area contributed by atoms with Crippen molar-refractivity contribution >= 4 is 17.3 Å². The third-order valence-corrected chi connectivity index (χ3v) is 2.16. The Morgan fingerprint density at radius 2 is 2.00 bits per heavy atom. The molecule has 3 heteroatoms. The number of hydrogen-bond acceptors (Lipinski definition) is 2. The Balaban J connectivity index is 2.51. The molecule has 0 saturated carbocycles. The second-order valence-electron chi connectivity index (χ2n) is 3.18. The molecule has 1 aromatic carbocycles. The fraction of sp³-hybridized carbons (Fsp3) is 0.0909. The monoisotopic (exact) mass is 207 g/mol. The number of nitrogens with two attached hydrogens (primary N) is 1. The average molecular weight is 208 g/mol. The molecule has 72 valence electrons. The first kappa shape index (κ1) is 9.16. The molecule has 0 saturated heterocycles. The maximum absolute atomic E-state index is 5.89. The second-order valence-corrected chi connectivity index (χ2v) is 3.62. The number of rotatable bonds is 1. The molecule has 1 heterocycles. The summed E-state index contributed by atoms with van der Waals surface area (Å²) in [5.74, 6) is 1.66. The molecule has 0 aliphatic heterocycles. The molecule has 2 aromatic rings. The van der Waals surface area contributed by atoms with Crippen LogP contribution in [0, 0.1) is 6.92 Å². The Labute approximate surface area is 87.3 Å². The van der Waals surface area contributed by atoms with Crippen molar-refractivity contribution in [3.8, 4) is 11.3 Å². The van der Waals surface area contributed by atoms with Crippen molar-refractivity contribution in [2.75, 3.05) is 5.73 Å². The lowest BCUT2D eigenvalue weighted by Crippen LogP contribution is -1.85. The summed E-state index contributed by atoms with van der Waals surface area (Å²) in [5, 5.41) is 0.619. The highest BCUT2D eigenvalue weighted by molar-refractivity contribution is 6.31. The SMILES string of the molecule is Cc1ccc(-c2cc(N)cc(Cl)c2)o1. The molecule has 0 amide bonds. The van der Waals surface area contributed by atoms with Crippen molar-refractivity contribution < 1.29 is 4.42 Å². The van der Waals surface area contributed by atoms with Crippen LogP contribution in [0.2, 0.25) is 5.02 Å². The number of nitrogen functional groups attached to an aromatic ring is 1. The summed E-state index contributed by atoms with van der Waals surface area (Å²) in [6.07, 6.45) is 0. The molecule has 0 unspecified atom stereocenters. The summed E-state index contributed by atoms with van der Waals surface area (Å²) in [6.45, 7) is 1.90. The van der Waals surface area contributed by atoms with Gasteiger partial charge in [-0.15, -0.1) is 0 Å². The predicted octanol–water partition coefficient (Wildman–Crippen LogP) is 3.49. The molecular formula is C11H10ClNO. The summed E-state index contributed by atoms with van der Waals surface area (Å²) in [7, 11) is 0. The fourth-order valence-corrected chi connectivity index (χ4v) is 1.59. The first-order valence-electron chi connectivity index (χ1n) is 4.28. The normalized spacial score (nSPS) is 10.4. The summed E-state index contributed by atoms with van der Waals surface area (Å²) in [6, 6.07) is 9.19. The number of benzene rings is 1. The van der Waals surface area contributed by atoms with E-state index in [0.717, 1.165) is 17.1 Å². The standard InChI is InChI=1S/C11H10ClNO/c1-7-2-3-11(14-7)8-4-9(12)6-10(13)5-8/h2-6H,13H2,1H3. The van der Waals surface area contributed by atoms with Gasteiger partial charge in [0.25, 0.3) is 0 Å². The van der Waals surface area contributed by atoms with E-state index < -0.39 is 0 Å². The van der Waals surface area contributed by atoms with Gasteiger partial charge in [0.2, 0.25) is 0 Å². The van der Waals surface area contributed by atoms with E-state index in [4.69, 9.17) is 21.8 Å². The summed E-state index contributed by atoms with van der Waals surface area (Å²) in [5.41, 5.74) is 7.22. The summed E-state index contributed by atoms with van der Waals surface area (Å²) in [4.78, 5) is 0. The number of furan rings is 1. The molecule has 0 aliphatic carbocycles. The zero-order valence-corrected chi connectivity index (χ0v) is 8.51. The molecule has 2 rings (SSSR count). The van der Waals surface area contributed by atoms with E-state index in [2.05, 4.69) is 0 Å². The van der Waals surface area contributed by atoms with Crippen LogP contribution in [0.5, 0.6) is 0 Å². The Morgan fingerprint density at radius 3 is 2.57 bits per heavy atom. The molecule has 0 atom stereocenters. The van der Waals surface area contributed by atoms with Gasteiger partial charge in [0.05, 0.1) is 0 Å². The quantitative estimate of drug-likeness (QED) is 0.727. The van der Waals surface area contributed by atoms with Crippen molar-refractivity contribution in [3.05, 3.63) is 41.1 Å². The molecule has 2 N–H and O–H groups in total. The van der Waals surface area contributed by atoms with Gasteiger partial charge in [-0.2, -0.15) is 0 Å². The van der Waals surface area contributed by atoms with E-state index >= 15 is 0 Å². The van der Waals surface area contributed by atoms with Crippen molar-refractivity contribution in [2.24, 2.45) is 0 Å². The fourth-order valence-electron chi connectivity index (χ4n) is 1.34. The molecule has 0 spiro atoms. The maximum Gasteiger partial charge on any atom is 0.134 e. The molecule has 0 bridgehead atoms. The zero-order valence-electron chi connectivity index (χ0n) is 7.75. The molecule has 2 nitrogen and oxygen atoms in total. The first-order chi connectivity index (χ1) is 6.65. The molecule has 14 heavy (non-hydrogen) atoms. The van der Waals surface area contributed by atoms with Crippen LogP contribution in [0.25, 0.3) is 11.3 Å². The van der Waals surface area contributed by atoms with Crippen LogP contribution in [0.3, 0.4) is 0 Å². The van der Waals surface area contributed by atoms with Crippen LogP contribution < -0.4 is 5.73 Å². The number of halogens is 1. The number of hydrogen-bond donors (Lipinski definition) is 1. The highest BCUT2D eigenvalue weighted by Gasteiger charge is 2.04. The summed E-state index contributed by atoms with van der Waals surface area (Å²) < 4.78 is 5.47. The van der Waals surface area contributed by atoms with Gasteiger partial charge in [-0.1, -0.05) is 11.6 Å². The van der Waals surface area contributed by atoms with E-state index in [-0.39, 0.29) is 0 Å². The third-order valence-electron chi connectivity index (χ3n) is 1.94. The third kappa shape index (κ3) is 1.75. The van der Waals surface area contributed by atoms with Gasteiger partial charge in [0.15, 0.2) is 0 Å². The Morgan fingerprint density at radius 1 is 1.21 bits per heavy atom. The van der Waals surface area contributed by atoms with Crippen LogP contribution in [-0.2, 0) is 0 Å². The van der Waals surface area contributed by atoms with Gasteiger partial charge in [0, 0.05) is 16.3 Å². The maximum atomic E-state index is 5.89. The van der Waals surface area contributed by atoms with Crippen molar-refractivity contribution in [3.63, 3.8) is 0 Å². The lowest BCUT2D eigenvalue weighted by atomic mass is 10.1.